The fourth-order valence-corrected chi connectivity index (χ4v) is 4.30. The Morgan fingerprint density at radius 2 is 1.95 bits per heavy atom. The summed E-state index contributed by atoms with van der Waals surface area (Å²) in [4.78, 5) is 17.7. The summed E-state index contributed by atoms with van der Waals surface area (Å²) in [5.74, 6) is -1.34. The summed E-state index contributed by atoms with van der Waals surface area (Å²) < 4.78 is 59.1. The Morgan fingerprint density at radius 1 is 1.15 bits per heavy atom. The molecule has 0 unspecified atom stereocenters. The number of hydrogen-bond donors (Lipinski definition) is 2. The van der Waals surface area contributed by atoms with Gasteiger partial charge in [0.25, 0.3) is 0 Å². The van der Waals surface area contributed by atoms with Crippen LogP contribution in [0.15, 0.2) is 48.7 Å². The van der Waals surface area contributed by atoms with E-state index in [0.29, 0.717) is 11.7 Å². The van der Waals surface area contributed by atoms with Gasteiger partial charge in [0.05, 0.1) is 31.1 Å². The Morgan fingerprint density at radius 3 is 2.62 bits per heavy atom. The number of aryl methyl sites for hydroxylation is 1. The van der Waals surface area contributed by atoms with Gasteiger partial charge >= 0.3 is 6.18 Å². The van der Waals surface area contributed by atoms with Crippen LogP contribution in [0.5, 0.6) is 5.75 Å². The third-order valence-electron chi connectivity index (χ3n) is 6.64. The molecule has 2 heterocycles. The first kappa shape index (κ1) is 26.6. The largest absolute Gasteiger partial charge is 0.494 e. The van der Waals surface area contributed by atoms with E-state index in [-0.39, 0.29) is 28.3 Å². The Balaban J connectivity index is 1.53. The second-order valence-electron chi connectivity index (χ2n) is 9.59. The van der Waals surface area contributed by atoms with Crippen LogP contribution < -0.4 is 15.4 Å². The fourth-order valence-electron chi connectivity index (χ4n) is 4.30. The highest BCUT2D eigenvalue weighted by atomic mass is 19.4. The number of aromatic nitrogens is 3. The lowest BCUT2D eigenvalue weighted by molar-refractivity contribution is -0.131. The predicted octanol–water partition coefficient (Wildman–Crippen LogP) is 5.70. The van der Waals surface area contributed by atoms with Gasteiger partial charge in [-0.3, -0.25) is 4.79 Å². The van der Waals surface area contributed by atoms with E-state index in [2.05, 4.69) is 20.7 Å². The summed E-state index contributed by atoms with van der Waals surface area (Å²) in [7, 11) is 1.31. The van der Waals surface area contributed by atoms with E-state index in [1.54, 1.807) is 6.20 Å². The zero-order chi connectivity index (χ0) is 27.7. The third-order valence-corrected chi connectivity index (χ3v) is 6.64. The average Bonchev–Trinajstić information content (AvgIpc) is 3.63. The zero-order valence-corrected chi connectivity index (χ0v) is 21.4. The highest BCUT2D eigenvalue weighted by Crippen LogP contribution is 2.29. The van der Waals surface area contributed by atoms with Crippen LogP contribution in [0.1, 0.15) is 46.4 Å². The number of carbonyl (C=O) groups is 1. The molecule has 5 rings (SSSR count). The summed E-state index contributed by atoms with van der Waals surface area (Å²) in [6.45, 7) is 2.34. The van der Waals surface area contributed by atoms with E-state index in [1.165, 1.54) is 42.7 Å². The summed E-state index contributed by atoms with van der Waals surface area (Å²) in [6.07, 6.45) is -1.49. The molecule has 1 saturated carbocycles. The van der Waals surface area contributed by atoms with Crippen molar-refractivity contribution in [1.29, 1.82) is 0 Å². The number of nitrogens with zero attached hydrogens (tertiary/aromatic N) is 3. The molecular formula is C28H27F4N5O2. The normalized spacial score (nSPS) is 13.6. The molecular weight excluding hydrogens is 514 g/mol. The molecule has 1 aliphatic carbocycles. The van der Waals surface area contributed by atoms with Crippen molar-refractivity contribution >= 4 is 17.1 Å². The van der Waals surface area contributed by atoms with Gasteiger partial charge in [0.15, 0.2) is 17.2 Å². The zero-order valence-electron chi connectivity index (χ0n) is 21.4. The lowest BCUT2D eigenvalue weighted by atomic mass is 10.0. The van der Waals surface area contributed by atoms with Gasteiger partial charge in [0.2, 0.25) is 5.78 Å². The maximum Gasteiger partial charge on any atom is 0.390 e. The second-order valence-corrected chi connectivity index (χ2v) is 9.59. The molecule has 7 nitrogen and oxygen atoms in total. The Kier molecular flexibility index (Phi) is 7.26. The lowest BCUT2D eigenvalue weighted by Crippen LogP contribution is -2.16. The number of benzene rings is 2. The van der Waals surface area contributed by atoms with E-state index < -0.39 is 30.7 Å². The van der Waals surface area contributed by atoms with Gasteiger partial charge in [-0.2, -0.15) is 18.3 Å². The third kappa shape index (κ3) is 6.03. The summed E-state index contributed by atoms with van der Waals surface area (Å²) in [5.41, 5.74) is 3.96. The smallest absolute Gasteiger partial charge is 0.390 e. The number of fused-ring (bicyclic) bond motifs is 1. The highest BCUT2D eigenvalue weighted by Gasteiger charge is 2.27. The van der Waals surface area contributed by atoms with E-state index >= 15 is 0 Å². The topological polar surface area (TPSA) is 80.5 Å². The van der Waals surface area contributed by atoms with Crippen molar-refractivity contribution in [1.82, 2.24) is 19.9 Å². The first-order valence-electron chi connectivity index (χ1n) is 12.5. The molecule has 0 bridgehead atoms. The summed E-state index contributed by atoms with van der Waals surface area (Å²) in [5, 5.41) is 10.7. The van der Waals surface area contributed by atoms with E-state index in [4.69, 9.17) is 4.74 Å². The Labute approximate surface area is 222 Å². The minimum absolute atomic E-state index is 0.0198. The van der Waals surface area contributed by atoms with Crippen LogP contribution in [0.2, 0.25) is 0 Å². The minimum Gasteiger partial charge on any atom is -0.494 e. The van der Waals surface area contributed by atoms with Crippen LogP contribution in [0.25, 0.3) is 16.9 Å². The maximum absolute atomic E-state index is 14.3. The van der Waals surface area contributed by atoms with Crippen molar-refractivity contribution in [2.45, 2.75) is 44.9 Å². The highest BCUT2D eigenvalue weighted by molar-refractivity contribution is 6.08. The molecule has 0 radical (unpaired) electrons. The number of halogens is 4. The van der Waals surface area contributed by atoms with Crippen molar-refractivity contribution < 1.29 is 27.1 Å². The molecule has 0 saturated heterocycles. The first-order valence-corrected chi connectivity index (χ1v) is 12.5. The van der Waals surface area contributed by atoms with E-state index in [0.717, 1.165) is 29.3 Å². The number of ether oxygens (including phenoxy) is 1. The molecule has 204 valence electrons. The second kappa shape index (κ2) is 10.6. The predicted molar refractivity (Wildman–Crippen MR) is 139 cm³/mol. The van der Waals surface area contributed by atoms with Gasteiger partial charge < -0.3 is 15.4 Å². The Hall–Kier alpha value is -3.99. The number of imidazole rings is 1. The number of anilines is 1. The molecule has 11 heteroatoms. The summed E-state index contributed by atoms with van der Waals surface area (Å²) in [6, 6.07) is 11.6. The quantitative estimate of drug-likeness (QED) is 0.198. The molecule has 2 N–H and O–H groups in total. The molecule has 0 spiro atoms. The number of alkyl halides is 3. The van der Waals surface area contributed by atoms with Crippen molar-refractivity contribution in [3.63, 3.8) is 0 Å². The fraction of sp³-hybridized carbons (Fsp3) is 0.321. The molecule has 2 aromatic heterocycles. The number of ketones is 1. The minimum atomic E-state index is -4.36. The molecule has 0 aliphatic heterocycles. The van der Waals surface area contributed by atoms with Gasteiger partial charge in [-0.25, -0.2) is 13.9 Å². The maximum atomic E-state index is 14.3. The molecule has 1 fully saturated rings. The molecule has 39 heavy (non-hydrogen) atoms. The van der Waals surface area contributed by atoms with Crippen LogP contribution in [0, 0.1) is 12.7 Å². The van der Waals surface area contributed by atoms with Gasteiger partial charge in [-0.05, 0) is 61.2 Å². The van der Waals surface area contributed by atoms with Crippen LogP contribution in [-0.2, 0) is 6.54 Å². The molecule has 0 amide bonds. The molecule has 0 atom stereocenters. The van der Waals surface area contributed by atoms with Crippen molar-refractivity contribution in [2.24, 2.45) is 0 Å². The van der Waals surface area contributed by atoms with E-state index in [9.17, 15) is 22.4 Å². The van der Waals surface area contributed by atoms with Crippen LogP contribution >= 0.6 is 0 Å². The van der Waals surface area contributed by atoms with Crippen LogP contribution in [0.3, 0.4) is 0 Å². The summed E-state index contributed by atoms with van der Waals surface area (Å²) >= 11 is 0. The van der Waals surface area contributed by atoms with Crippen molar-refractivity contribution in [3.8, 4) is 17.0 Å². The monoisotopic (exact) mass is 541 g/mol. The first-order chi connectivity index (χ1) is 18.6. The van der Waals surface area contributed by atoms with Crippen molar-refractivity contribution in [3.05, 3.63) is 76.9 Å². The van der Waals surface area contributed by atoms with E-state index in [1.807, 2.05) is 25.1 Å². The van der Waals surface area contributed by atoms with Gasteiger partial charge in [0.1, 0.15) is 5.69 Å². The number of rotatable bonds is 10. The molecule has 1 aliphatic rings. The van der Waals surface area contributed by atoms with Gasteiger partial charge in [0, 0.05) is 30.3 Å². The Bertz CT molecular complexity index is 1530. The van der Waals surface area contributed by atoms with Crippen LogP contribution in [0.4, 0.5) is 23.2 Å². The number of carbonyl (C=O) groups excluding carboxylic acids is 1. The number of methoxy groups -OCH3 is 1. The van der Waals surface area contributed by atoms with Crippen molar-refractivity contribution in [2.75, 3.05) is 19.0 Å². The van der Waals surface area contributed by atoms with Crippen LogP contribution in [-0.4, -0.2) is 46.3 Å². The molecule has 2 aromatic carbocycles. The van der Waals surface area contributed by atoms with Gasteiger partial charge in [-0.15, -0.1) is 0 Å². The van der Waals surface area contributed by atoms with Gasteiger partial charge in [-0.1, -0.05) is 12.1 Å². The SMILES string of the molecule is COc1ccc(C(=O)c2cc(NCCC(F)(F)F)c3ncc(-c4ccc(CNC5CC5)c(C)c4)n3n2)cc1F. The lowest BCUT2D eigenvalue weighted by Gasteiger charge is -2.13. The average molecular weight is 542 g/mol. The number of hydrogen-bond acceptors (Lipinski definition) is 6. The number of nitrogens with one attached hydrogen (secondary N) is 2. The molecule has 4 aromatic rings. The standard InChI is InChI=1S/C28H27F4N5O2/c1-16-11-17(3-4-19(16)14-34-20-6-7-20)24-15-35-27-23(33-10-9-28(30,31)32)13-22(36-37(24)27)26(38)18-5-8-25(39-2)21(29)12-18/h3-5,8,11-13,15,20,33-34H,6-7,9-10,14H2,1-2H3.